The number of hydrogen-bond donors (Lipinski definition) is 2. The zero-order chi connectivity index (χ0) is 13.1. The van der Waals surface area contributed by atoms with Crippen LogP contribution in [0.5, 0.6) is 0 Å². The van der Waals surface area contributed by atoms with Crippen LogP contribution < -0.4 is 11.5 Å². The molecule has 0 unspecified atom stereocenters. The summed E-state index contributed by atoms with van der Waals surface area (Å²) in [5, 5.41) is 0.618. The molecular formula is C13H15ClN2O. The molecule has 17 heavy (non-hydrogen) atoms. The van der Waals surface area contributed by atoms with Crippen molar-refractivity contribution in [2.45, 2.75) is 0 Å². The van der Waals surface area contributed by atoms with Gasteiger partial charge in [-0.2, -0.15) is 0 Å². The molecule has 0 heterocycles. The molecule has 0 aliphatic heterocycles. The zero-order valence-corrected chi connectivity index (χ0v) is 10.1. The molecule has 0 atom stereocenters. The molecule has 3 nitrogen and oxygen atoms in total. The maximum absolute atomic E-state index is 8.00. The number of para-hydroxylation sites is 2. The van der Waals surface area contributed by atoms with Crippen LogP contribution in [0.4, 0.5) is 11.4 Å². The van der Waals surface area contributed by atoms with Crippen LogP contribution in [0.15, 0.2) is 54.6 Å². The Morgan fingerprint density at radius 2 is 1.29 bits per heavy atom. The third kappa shape index (κ3) is 6.98. The van der Waals surface area contributed by atoms with Crippen molar-refractivity contribution in [1.82, 2.24) is 0 Å². The molecule has 4 heteroatoms. The fourth-order valence-corrected chi connectivity index (χ4v) is 1.06. The Balaban J connectivity index is 0.000000265. The minimum atomic E-state index is 0.618. The van der Waals surface area contributed by atoms with Crippen molar-refractivity contribution in [2.24, 2.45) is 0 Å². The second-order valence-corrected chi connectivity index (χ2v) is 3.34. The van der Waals surface area contributed by atoms with Crippen molar-refractivity contribution in [1.29, 1.82) is 0 Å². The van der Waals surface area contributed by atoms with E-state index in [2.05, 4.69) is 0 Å². The predicted octanol–water partition coefficient (Wildman–Crippen LogP) is 3.01. The highest BCUT2D eigenvalue weighted by Crippen LogP contribution is 2.15. The molecule has 0 aliphatic rings. The molecule has 0 saturated carbocycles. The molecule has 2 aromatic carbocycles. The van der Waals surface area contributed by atoms with Crippen LogP contribution in [0.1, 0.15) is 0 Å². The lowest BCUT2D eigenvalue weighted by Crippen LogP contribution is -1.82. The minimum absolute atomic E-state index is 0.618. The van der Waals surface area contributed by atoms with Crippen molar-refractivity contribution in [3.8, 4) is 0 Å². The van der Waals surface area contributed by atoms with Crippen LogP contribution in [-0.2, 0) is 4.79 Å². The molecular weight excluding hydrogens is 236 g/mol. The van der Waals surface area contributed by atoms with Gasteiger partial charge < -0.3 is 16.3 Å². The van der Waals surface area contributed by atoms with Crippen LogP contribution >= 0.6 is 11.6 Å². The van der Waals surface area contributed by atoms with E-state index in [1.165, 1.54) is 0 Å². The van der Waals surface area contributed by atoms with Crippen LogP contribution in [0.2, 0.25) is 5.02 Å². The van der Waals surface area contributed by atoms with Gasteiger partial charge in [0, 0.05) is 5.69 Å². The van der Waals surface area contributed by atoms with E-state index in [-0.39, 0.29) is 0 Å². The second-order valence-electron chi connectivity index (χ2n) is 2.93. The normalized spacial score (nSPS) is 8.06. The molecule has 0 saturated heterocycles. The molecule has 0 amide bonds. The smallest absolute Gasteiger partial charge is 0.106 e. The van der Waals surface area contributed by atoms with Gasteiger partial charge in [-0.3, -0.25) is 0 Å². The van der Waals surface area contributed by atoms with E-state index in [0.29, 0.717) is 10.7 Å². The van der Waals surface area contributed by atoms with Gasteiger partial charge in [0.2, 0.25) is 0 Å². The summed E-state index contributed by atoms with van der Waals surface area (Å²) >= 11 is 5.58. The number of nitrogen functional groups attached to an aromatic ring is 2. The Kier molecular flexibility index (Phi) is 8.15. The molecule has 0 aliphatic carbocycles. The quantitative estimate of drug-likeness (QED) is 0.706. The lowest BCUT2D eigenvalue weighted by molar-refractivity contribution is -0.0979. The van der Waals surface area contributed by atoms with E-state index in [1.807, 2.05) is 49.3 Å². The topological polar surface area (TPSA) is 69.1 Å². The number of carbonyl (C=O) groups excluding carboxylic acids is 1. The molecule has 2 aromatic rings. The Bertz CT molecular complexity index is 400. The maximum atomic E-state index is 8.00. The number of hydrogen-bond acceptors (Lipinski definition) is 3. The van der Waals surface area contributed by atoms with E-state index < -0.39 is 0 Å². The first-order valence-corrected chi connectivity index (χ1v) is 5.17. The van der Waals surface area contributed by atoms with Gasteiger partial charge in [0.25, 0.3) is 0 Å². The zero-order valence-electron chi connectivity index (χ0n) is 9.34. The molecule has 0 bridgehead atoms. The summed E-state index contributed by atoms with van der Waals surface area (Å²) in [5.74, 6) is 0. The van der Waals surface area contributed by atoms with Crippen molar-refractivity contribution in [3.63, 3.8) is 0 Å². The Morgan fingerprint density at radius 1 is 0.824 bits per heavy atom. The molecule has 2 rings (SSSR count). The predicted molar refractivity (Wildman–Crippen MR) is 73.8 cm³/mol. The lowest BCUT2D eigenvalue weighted by atomic mass is 10.3. The highest BCUT2D eigenvalue weighted by Gasteiger charge is 1.87. The monoisotopic (exact) mass is 250 g/mol. The highest BCUT2D eigenvalue weighted by molar-refractivity contribution is 6.33. The fraction of sp³-hybridized carbons (Fsp3) is 0. The van der Waals surface area contributed by atoms with E-state index in [9.17, 15) is 0 Å². The third-order valence-corrected chi connectivity index (χ3v) is 2.05. The van der Waals surface area contributed by atoms with Gasteiger partial charge in [0.15, 0.2) is 0 Å². The van der Waals surface area contributed by atoms with E-state index in [1.54, 1.807) is 12.1 Å². The molecule has 4 N–H and O–H groups in total. The number of rotatable bonds is 0. The molecule has 0 spiro atoms. The van der Waals surface area contributed by atoms with Crippen molar-refractivity contribution < 1.29 is 4.79 Å². The van der Waals surface area contributed by atoms with Gasteiger partial charge in [0.1, 0.15) is 6.79 Å². The standard InChI is InChI=1S/C6H6ClN.C6H7N.CH2O/c7-5-3-1-2-4-6(5)8;7-6-4-2-1-3-5-6;1-2/h1-4H,8H2;1-5H,7H2;1H2. The van der Waals surface area contributed by atoms with E-state index in [4.69, 9.17) is 27.9 Å². The van der Waals surface area contributed by atoms with Gasteiger partial charge in [-0.15, -0.1) is 0 Å². The van der Waals surface area contributed by atoms with Gasteiger partial charge in [-0.1, -0.05) is 41.9 Å². The molecule has 0 aromatic heterocycles. The summed E-state index contributed by atoms with van der Waals surface area (Å²) < 4.78 is 0. The molecule has 0 fully saturated rings. The summed E-state index contributed by atoms with van der Waals surface area (Å²) in [6.45, 7) is 2.00. The van der Waals surface area contributed by atoms with Gasteiger partial charge in [-0.05, 0) is 24.3 Å². The number of benzene rings is 2. The van der Waals surface area contributed by atoms with Crippen LogP contribution in [-0.4, -0.2) is 6.79 Å². The van der Waals surface area contributed by atoms with Gasteiger partial charge in [-0.25, -0.2) is 0 Å². The summed E-state index contributed by atoms with van der Waals surface area (Å²) in [5.41, 5.74) is 12.2. The van der Waals surface area contributed by atoms with E-state index in [0.717, 1.165) is 5.69 Å². The van der Waals surface area contributed by atoms with Crippen molar-refractivity contribution in [3.05, 3.63) is 59.6 Å². The third-order valence-electron chi connectivity index (χ3n) is 1.70. The number of halogens is 1. The Morgan fingerprint density at radius 3 is 1.59 bits per heavy atom. The average Bonchev–Trinajstić information content (AvgIpc) is 2.37. The maximum Gasteiger partial charge on any atom is 0.106 e. The first-order valence-electron chi connectivity index (χ1n) is 4.79. The Hall–Kier alpha value is -2.00. The van der Waals surface area contributed by atoms with Crippen molar-refractivity contribution in [2.75, 3.05) is 11.5 Å². The molecule has 0 radical (unpaired) electrons. The summed E-state index contributed by atoms with van der Waals surface area (Å²) in [4.78, 5) is 8.00. The van der Waals surface area contributed by atoms with Gasteiger partial charge in [0.05, 0.1) is 10.7 Å². The summed E-state index contributed by atoms with van der Waals surface area (Å²) in [6, 6.07) is 16.7. The first-order chi connectivity index (χ1) is 8.20. The summed E-state index contributed by atoms with van der Waals surface area (Å²) in [7, 11) is 0. The first kappa shape index (κ1) is 15.0. The number of carbonyl (C=O) groups is 1. The van der Waals surface area contributed by atoms with Crippen molar-refractivity contribution >= 4 is 29.8 Å². The van der Waals surface area contributed by atoms with Crippen LogP contribution in [0.25, 0.3) is 0 Å². The fourth-order valence-electron chi connectivity index (χ4n) is 0.928. The second kappa shape index (κ2) is 9.24. The molecule has 90 valence electrons. The Labute approximate surface area is 106 Å². The minimum Gasteiger partial charge on any atom is -0.399 e. The van der Waals surface area contributed by atoms with Crippen LogP contribution in [0.3, 0.4) is 0 Å². The highest BCUT2D eigenvalue weighted by atomic mass is 35.5. The number of nitrogens with two attached hydrogens (primary N) is 2. The summed E-state index contributed by atoms with van der Waals surface area (Å²) in [6.07, 6.45) is 0. The van der Waals surface area contributed by atoms with Gasteiger partial charge >= 0.3 is 0 Å². The SMILES string of the molecule is C=O.Nc1ccccc1.Nc1ccccc1Cl. The number of anilines is 2. The lowest BCUT2D eigenvalue weighted by Gasteiger charge is -1.91. The largest absolute Gasteiger partial charge is 0.399 e. The van der Waals surface area contributed by atoms with E-state index >= 15 is 0 Å². The average molecular weight is 251 g/mol. The van der Waals surface area contributed by atoms with Crippen LogP contribution in [0, 0.1) is 0 Å².